The largest absolute Gasteiger partial charge is 0.373 e. The zero-order valence-corrected chi connectivity index (χ0v) is 16.9. The molecule has 4 rings (SSSR count). The Bertz CT molecular complexity index is 1280. The monoisotopic (exact) mass is 419 g/mol. The molecule has 0 aliphatic carbocycles. The number of benzene rings is 1. The Kier molecular flexibility index (Phi) is 5.53. The van der Waals surface area contributed by atoms with Gasteiger partial charge in [-0.05, 0) is 31.2 Å². The van der Waals surface area contributed by atoms with Crippen LogP contribution in [0.5, 0.6) is 0 Å². The number of halogens is 2. The molecule has 31 heavy (non-hydrogen) atoms. The standard InChI is InChI=1S/C23H19F2N5O/c1-13-19(16-7-17-11-29-21(26-2)9-20(17)28-10-16)8-18(12-27-13)30-23(31)15-5-3-4-14(6-15)22(24)25/h3-12,22H,1-2H3,(H,26,29)(H,30,31). The van der Waals surface area contributed by atoms with E-state index in [9.17, 15) is 13.6 Å². The second-order valence-electron chi connectivity index (χ2n) is 6.97. The first-order valence-corrected chi connectivity index (χ1v) is 9.54. The van der Waals surface area contributed by atoms with Crippen molar-refractivity contribution in [3.05, 3.63) is 77.9 Å². The van der Waals surface area contributed by atoms with Gasteiger partial charge >= 0.3 is 0 Å². The predicted molar refractivity (Wildman–Crippen MR) is 116 cm³/mol. The molecule has 1 amide bonds. The summed E-state index contributed by atoms with van der Waals surface area (Å²) in [4.78, 5) is 25.7. The Balaban J connectivity index is 1.63. The molecule has 0 saturated heterocycles. The lowest BCUT2D eigenvalue weighted by atomic mass is 10.0. The molecule has 1 aromatic carbocycles. The second kappa shape index (κ2) is 8.43. The van der Waals surface area contributed by atoms with E-state index in [0.29, 0.717) is 5.69 Å². The molecule has 0 saturated carbocycles. The minimum absolute atomic E-state index is 0.152. The lowest BCUT2D eigenvalue weighted by molar-refractivity contribution is 0.102. The molecule has 2 N–H and O–H groups in total. The number of alkyl halides is 2. The number of fused-ring (bicyclic) bond motifs is 1. The molecule has 0 bridgehead atoms. The SMILES string of the molecule is CNc1cc2ncc(-c3cc(NC(=O)c4cccc(C(F)F)c4)cnc3C)cc2cn1. The third-order valence-corrected chi connectivity index (χ3v) is 4.88. The number of nitrogens with zero attached hydrogens (tertiary/aromatic N) is 3. The maximum Gasteiger partial charge on any atom is 0.263 e. The second-order valence-corrected chi connectivity index (χ2v) is 6.97. The van der Waals surface area contributed by atoms with Gasteiger partial charge in [-0.15, -0.1) is 0 Å². The molecule has 0 spiro atoms. The number of rotatable bonds is 5. The quantitative estimate of drug-likeness (QED) is 0.463. The number of pyridine rings is 3. The van der Waals surface area contributed by atoms with Crippen molar-refractivity contribution in [2.45, 2.75) is 13.3 Å². The highest BCUT2D eigenvalue weighted by Crippen LogP contribution is 2.28. The molecule has 6 nitrogen and oxygen atoms in total. The lowest BCUT2D eigenvalue weighted by Gasteiger charge is -2.11. The van der Waals surface area contributed by atoms with Crippen molar-refractivity contribution in [1.82, 2.24) is 15.0 Å². The van der Waals surface area contributed by atoms with Crippen LogP contribution in [-0.2, 0) is 0 Å². The van der Waals surface area contributed by atoms with Gasteiger partial charge in [0.2, 0.25) is 0 Å². The minimum Gasteiger partial charge on any atom is -0.373 e. The van der Waals surface area contributed by atoms with Crippen LogP contribution in [0.25, 0.3) is 22.0 Å². The molecule has 0 aliphatic rings. The molecule has 0 aliphatic heterocycles. The average molecular weight is 419 g/mol. The molecule has 4 aromatic rings. The molecule has 8 heteroatoms. The highest BCUT2D eigenvalue weighted by Gasteiger charge is 2.13. The first-order valence-electron chi connectivity index (χ1n) is 9.54. The summed E-state index contributed by atoms with van der Waals surface area (Å²) in [6, 6.07) is 11.0. The summed E-state index contributed by atoms with van der Waals surface area (Å²) in [6.45, 7) is 1.86. The van der Waals surface area contributed by atoms with E-state index in [1.165, 1.54) is 30.5 Å². The summed E-state index contributed by atoms with van der Waals surface area (Å²) < 4.78 is 25.8. The van der Waals surface area contributed by atoms with Crippen LogP contribution in [0.15, 0.2) is 61.1 Å². The van der Waals surface area contributed by atoms with Crippen LogP contribution in [0.3, 0.4) is 0 Å². The van der Waals surface area contributed by atoms with Crippen LogP contribution in [0.1, 0.15) is 28.0 Å². The fourth-order valence-corrected chi connectivity index (χ4v) is 3.22. The van der Waals surface area contributed by atoms with Crippen molar-refractivity contribution in [2.24, 2.45) is 0 Å². The number of aromatic nitrogens is 3. The van der Waals surface area contributed by atoms with Gasteiger partial charge in [-0.25, -0.2) is 13.8 Å². The molecule has 3 aromatic heterocycles. The number of carbonyl (C=O) groups is 1. The molecule has 156 valence electrons. The molecule has 0 radical (unpaired) electrons. The van der Waals surface area contributed by atoms with E-state index < -0.39 is 12.3 Å². The molecule has 3 heterocycles. The Morgan fingerprint density at radius 1 is 1.00 bits per heavy atom. The van der Waals surface area contributed by atoms with Gasteiger partial charge in [-0.1, -0.05) is 12.1 Å². The van der Waals surface area contributed by atoms with E-state index in [0.717, 1.165) is 33.5 Å². The summed E-state index contributed by atoms with van der Waals surface area (Å²) in [6.07, 6.45) is 2.37. The summed E-state index contributed by atoms with van der Waals surface area (Å²) in [7, 11) is 1.79. The van der Waals surface area contributed by atoms with E-state index in [2.05, 4.69) is 25.6 Å². The Labute approximate surface area is 177 Å². The Hall–Kier alpha value is -3.94. The average Bonchev–Trinajstić information content (AvgIpc) is 2.79. The number of hydrogen-bond donors (Lipinski definition) is 2. The highest BCUT2D eigenvalue weighted by atomic mass is 19.3. The smallest absolute Gasteiger partial charge is 0.263 e. The lowest BCUT2D eigenvalue weighted by Crippen LogP contribution is -2.12. The minimum atomic E-state index is -2.64. The number of amides is 1. The third-order valence-electron chi connectivity index (χ3n) is 4.88. The fourth-order valence-electron chi connectivity index (χ4n) is 3.22. The van der Waals surface area contributed by atoms with Crippen LogP contribution in [0, 0.1) is 6.92 Å². The zero-order chi connectivity index (χ0) is 22.0. The van der Waals surface area contributed by atoms with E-state index in [1.54, 1.807) is 25.5 Å². The number of carbonyl (C=O) groups excluding carboxylic acids is 1. The van der Waals surface area contributed by atoms with Crippen molar-refractivity contribution < 1.29 is 13.6 Å². The van der Waals surface area contributed by atoms with E-state index >= 15 is 0 Å². The maximum atomic E-state index is 12.9. The summed E-state index contributed by atoms with van der Waals surface area (Å²) in [5.74, 6) is 0.241. The fraction of sp³-hybridized carbons (Fsp3) is 0.130. The van der Waals surface area contributed by atoms with Crippen LogP contribution in [0.2, 0.25) is 0 Å². The van der Waals surface area contributed by atoms with Crippen molar-refractivity contribution in [2.75, 3.05) is 17.7 Å². The summed E-state index contributed by atoms with van der Waals surface area (Å²) in [5.41, 5.74) is 3.59. The van der Waals surface area contributed by atoms with Gasteiger partial charge in [0.05, 0.1) is 17.4 Å². The highest BCUT2D eigenvalue weighted by molar-refractivity contribution is 6.04. The molecular formula is C23H19F2N5O. The van der Waals surface area contributed by atoms with Crippen LogP contribution in [-0.4, -0.2) is 27.9 Å². The van der Waals surface area contributed by atoms with E-state index in [-0.39, 0.29) is 11.1 Å². The number of hydrogen-bond acceptors (Lipinski definition) is 5. The van der Waals surface area contributed by atoms with Crippen molar-refractivity contribution in [1.29, 1.82) is 0 Å². The molecule has 0 unspecified atom stereocenters. The molecule has 0 fully saturated rings. The van der Waals surface area contributed by atoms with Gasteiger partial charge in [-0.2, -0.15) is 0 Å². The van der Waals surface area contributed by atoms with Crippen LogP contribution >= 0.6 is 0 Å². The normalized spacial score (nSPS) is 11.0. The first-order chi connectivity index (χ1) is 14.9. The first kappa shape index (κ1) is 20.3. The Morgan fingerprint density at radius 3 is 2.61 bits per heavy atom. The van der Waals surface area contributed by atoms with Gasteiger partial charge in [0, 0.05) is 58.8 Å². The van der Waals surface area contributed by atoms with Crippen molar-refractivity contribution in [3.8, 4) is 11.1 Å². The maximum absolute atomic E-state index is 12.9. The topological polar surface area (TPSA) is 79.8 Å². The van der Waals surface area contributed by atoms with Crippen LogP contribution < -0.4 is 10.6 Å². The van der Waals surface area contributed by atoms with E-state index in [4.69, 9.17) is 0 Å². The van der Waals surface area contributed by atoms with Gasteiger partial charge in [0.25, 0.3) is 12.3 Å². The zero-order valence-electron chi connectivity index (χ0n) is 16.9. The van der Waals surface area contributed by atoms with Crippen molar-refractivity contribution in [3.63, 3.8) is 0 Å². The predicted octanol–water partition coefficient (Wildman–Crippen LogP) is 5.23. The number of aryl methyl sites for hydroxylation is 1. The van der Waals surface area contributed by atoms with Gasteiger partial charge in [0.1, 0.15) is 5.82 Å². The summed E-state index contributed by atoms with van der Waals surface area (Å²) >= 11 is 0. The van der Waals surface area contributed by atoms with Gasteiger partial charge in [-0.3, -0.25) is 14.8 Å². The Morgan fingerprint density at radius 2 is 1.84 bits per heavy atom. The number of anilines is 2. The van der Waals surface area contributed by atoms with Crippen molar-refractivity contribution >= 4 is 28.3 Å². The summed E-state index contributed by atoms with van der Waals surface area (Å²) in [5, 5.41) is 6.58. The third kappa shape index (κ3) is 4.32. The van der Waals surface area contributed by atoms with Crippen LogP contribution in [0.4, 0.5) is 20.3 Å². The van der Waals surface area contributed by atoms with Gasteiger partial charge < -0.3 is 10.6 Å². The molecular weight excluding hydrogens is 400 g/mol. The molecule has 0 atom stereocenters. The van der Waals surface area contributed by atoms with Gasteiger partial charge in [0.15, 0.2) is 0 Å². The number of nitrogens with one attached hydrogen (secondary N) is 2. The van der Waals surface area contributed by atoms with E-state index in [1.807, 2.05) is 19.1 Å².